The number of aliphatic carboxylic acids is 2. The van der Waals surface area contributed by atoms with E-state index >= 15 is 0 Å². The Labute approximate surface area is 97.1 Å². The van der Waals surface area contributed by atoms with Gasteiger partial charge in [0, 0.05) is 11.9 Å². The van der Waals surface area contributed by atoms with Crippen LogP contribution in [0.1, 0.15) is 0 Å². The highest BCUT2D eigenvalue weighted by atomic mass is 16.5. The lowest BCUT2D eigenvalue weighted by Crippen LogP contribution is -2.12. The molecule has 0 aliphatic carbocycles. The van der Waals surface area contributed by atoms with Crippen molar-refractivity contribution >= 4 is 17.6 Å². The summed E-state index contributed by atoms with van der Waals surface area (Å²) in [6.07, 6.45) is 0.923. The summed E-state index contributed by atoms with van der Waals surface area (Å²) in [5.74, 6) is -2.35. The highest BCUT2D eigenvalue weighted by Crippen LogP contribution is 2.15. The van der Waals surface area contributed by atoms with Gasteiger partial charge in [-0.2, -0.15) is 0 Å². The number of rotatable bonds is 5. The van der Waals surface area contributed by atoms with Gasteiger partial charge in [-0.15, -0.1) is 0 Å². The number of hydrogen-bond acceptors (Lipinski definition) is 4. The standard InChI is InChI=1S/C11H11NO5/c1-17-8-4-2-7(3-5-8)12-6-9(10(13)14)11(15)16/h2-6,12H,1H3,(H,13,14)(H,15,16). The Balaban J connectivity index is 2.80. The third kappa shape index (κ3) is 3.53. The SMILES string of the molecule is COc1ccc(NC=C(C(=O)O)C(=O)O)cc1. The molecule has 1 aromatic carbocycles. The average molecular weight is 237 g/mol. The average Bonchev–Trinajstić information content (AvgIpc) is 2.29. The van der Waals surface area contributed by atoms with E-state index in [4.69, 9.17) is 14.9 Å². The molecule has 6 nitrogen and oxygen atoms in total. The Morgan fingerprint density at radius 2 is 1.71 bits per heavy atom. The van der Waals surface area contributed by atoms with Crippen molar-refractivity contribution in [3.63, 3.8) is 0 Å². The van der Waals surface area contributed by atoms with Crippen molar-refractivity contribution in [1.29, 1.82) is 0 Å². The predicted octanol–water partition coefficient (Wildman–Crippen LogP) is 1.16. The van der Waals surface area contributed by atoms with Gasteiger partial charge >= 0.3 is 11.9 Å². The van der Waals surface area contributed by atoms with Crippen LogP contribution in [-0.2, 0) is 9.59 Å². The van der Waals surface area contributed by atoms with E-state index in [9.17, 15) is 9.59 Å². The molecule has 0 fully saturated rings. The van der Waals surface area contributed by atoms with Gasteiger partial charge in [0.05, 0.1) is 7.11 Å². The van der Waals surface area contributed by atoms with Gasteiger partial charge in [0.25, 0.3) is 0 Å². The van der Waals surface area contributed by atoms with Gasteiger partial charge < -0.3 is 20.3 Å². The molecule has 90 valence electrons. The fraction of sp³-hybridized carbons (Fsp3) is 0.0909. The molecule has 17 heavy (non-hydrogen) atoms. The number of methoxy groups -OCH3 is 1. The van der Waals surface area contributed by atoms with Gasteiger partial charge in [0.2, 0.25) is 0 Å². The molecular weight excluding hydrogens is 226 g/mol. The number of carboxylic acid groups (broad SMARTS) is 2. The molecule has 6 heteroatoms. The van der Waals surface area contributed by atoms with Crippen molar-refractivity contribution in [2.45, 2.75) is 0 Å². The van der Waals surface area contributed by atoms with Crippen LogP contribution < -0.4 is 10.1 Å². The Bertz CT molecular complexity index is 433. The van der Waals surface area contributed by atoms with Gasteiger partial charge in [-0.3, -0.25) is 0 Å². The highest BCUT2D eigenvalue weighted by molar-refractivity contribution is 6.12. The molecule has 0 heterocycles. The van der Waals surface area contributed by atoms with E-state index in [0.717, 1.165) is 6.20 Å². The molecule has 0 bridgehead atoms. The number of hydrogen-bond donors (Lipinski definition) is 3. The Morgan fingerprint density at radius 1 is 1.18 bits per heavy atom. The quantitative estimate of drug-likeness (QED) is 0.404. The second kappa shape index (κ2) is 5.55. The number of anilines is 1. The number of nitrogens with one attached hydrogen (secondary N) is 1. The van der Waals surface area contributed by atoms with Gasteiger partial charge in [-0.05, 0) is 24.3 Å². The Hall–Kier alpha value is -2.50. The number of ether oxygens (including phenoxy) is 1. The van der Waals surface area contributed by atoms with Crippen LogP contribution in [-0.4, -0.2) is 29.3 Å². The minimum Gasteiger partial charge on any atom is -0.497 e. The summed E-state index contributed by atoms with van der Waals surface area (Å²) in [5.41, 5.74) is -0.174. The molecule has 0 unspecified atom stereocenters. The summed E-state index contributed by atoms with van der Waals surface area (Å²) in [5, 5.41) is 19.8. The third-order valence-corrected chi connectivity index (χ3v) is 1.93. The number of carboxylic acids is 2. The molecule has 0 atom stereocenters. The zero-order valence-electron chi connectivity index (χ0n) is 9.01. The van der Waals surface area contributed by atoms with Crippen LogP contribution in [0.25, 0.3) is 0 Å². The molecule has 0 amide bonds. The van der Waals surface area contributed by atoms with Crippen molar-refractivity contribution in [2.75, 3.05) is 12.4 Å². The van der Waals surface area contributed by atoms with E-state index in [1.165, 1.54) is 7.11 Å². The van der Waals surface area contributed by atoms with Crippen LogP contribution in [0.5, 0.6) is 5.75 Å². The van der Waals surface area contributed by atoms with Crippen LogP contribution in [0, 0.1) is 0 Å². The fourth-order valence-electron chi connectivity index (χ4n) is 1.06. The summed E-state index contributed by atoms with van der Waals surface area (Å²) >= 11 is 0. The monoisotopic (exact) mass is 237 g/mol. The van der Waals surface area contributed by atoms with E-state index in [-0.39, 0.29) is 0 Å². The first-order chi connectivity index (χ1) is 8.04. The normalized spacial score (nSPS) is 9.24. The maximum absolute atomic E-state index is 10.6. The van der Waals surface area contributed by atoms with E-state index < -0.39 is 17.5 Å². The number of carbonyl (C=O) groups is 2. The van der Waals surface area contributed by atoms with Gasteiger partial charge in [0.1, 0.15) is 5.75 Å². The van der Waals surface area contributed by atoms with Crippen LogP contribution in [0.2, 0.25) is 0 Å². The largest absolute Gasteiger partial charge is 0.497 e. The first-order valence-corrected chi connectivity index (χ1v) is 4.62. The van der Waals surface area contributed by atoms with Crippen molar-refractivity contribution in [3.8, 4) is 5.75 Å². The summed E-state index contributed by atoms with van der Waals surface area (Å²) in [7, 11) is 1.52. The second-order valence-corrected chi connectivity index (χ2v) is 3.04. The van der Waals surface area contributed by atoms with Crippen molar-refractivity contribution < 1.29 is 24.5 Å². The minimum atomic E-state index is -1.50. The Kier molecular flexibility index (Phi) is 4.10. The number of benzene rings is 1. The van der Waals surface area contributed by atoms with Crippen LogP contribution in [0.15, 0.2) is 36.0 Å². The molecule has 0 aromatic heterocycles. The van der Waals surface area contributed by atoms with Gasteiger partial charge in [-0.25, -0.2) is 9.59 Å². The van der Waals surface area contributed by atoms with Crippen molar-refractivity contribution in [3.05, 3.63) is 36.0 Å². The van der Waals surface area contributed by atoms with Crippen LogP contribution in [0.3, 0.4) is 0 Å². The molecule has 0 aliphatic heterocycles. The van der Waals surface area contributed by atoms with Gasteiger partial charge in [0.15, 0.2) is 5.57 Å². The molecule has 0 saturated heterocycles. The molecule has 0 aliphatic rings. The summed E-state index contributed by atoms with van der Waals surface area (Å²) in [6.45, 7) is 0. The van der Waals surface area contributed by atoms with E-state index in [1.807, 2.05) is 0 Å². The third-order valence-electron chi connectivity index (χ3n) is 1.93. The maximum Gasteiger partial charge on any atom is 0.344 e. The van der Waals surface area contributed by atoms with E-state index in [0.29, 0.717) is 11.4 Å². The maximum atomic E-state index is 10.6. The lowest BCUT2D eigenvalue weighted by atomic mass is 10.2. The zero-order chi connectivity index (χ0) is 12.8. The van der Waals surface area contributed by atoms with E-state index in [1.54, 1.807) is 24.3 Å². The molecule has 0 spiro atoms. The summed E-state index contributed by atoms with van der Waals surface area (Å²) in [4.78, 5) is 21.1. The molecular formula is C11H11NO5. The van der Waals surface area contributed by atoms with Crippen molar-refractivity contribution in [1.82, 2.24) is 0 Å². The summed E-state index contributed by atoms with van der Waals surface area (Å²) in [6, 6.07) is 6.60. The first kappa shape index (κ1) is 12.6. The first-order valence-electron chi connectivity index (χ1n) is 4.62. The molecule has 0 saturated carbocycles. The Morgan fingerprint density at radius 3 is 2.12 bits per heavy atom. The smallest absolute Gasteiger partial charge is 0.344 e. The van der Waals surface area contributed by atoms with Crippen LogP contribution in [0.4, 0.5) is 5.69 Å². The second-order valence-electron chi connectivity index (χ2n) is 3.04. The van der Waals surface area contributed by atoms with Crippen LogP contribution >= 0.6 is 0 Å². The lowest BCUT2D eigenvalue weighted by Gasteiger charge is -2.03. The molecule has 3 N–H and O–H groups in total. The molecule has 0 radical (unpaired) electrons. The lowest BCUT2D eigenvalue weighted by molar-refractivity contribution is -0.140. The summed E-state index contributed by atoms with van der Waals surface area (Å²) < 4.78 is 4.94. The molecule has 1 aromatic rings. The highest BCUT2D eigenvalue weighted by Gasteiger charge is 2.15. The topological polar surface area (TPSA) is 95.9 Å². The zero-order valence-corrected chi connectivity index (χ0v) is 9.01. The predicted molar refractivity (Wildman–Crippen MR) is 60.0 cm³/mol. The van der Waals surface area contributed by atoms with Gasteiger partial charge in [-0.1, -0.05) is 0 Å². The fourth-order valence-corrected chi connectivity index (χ4v) is 1.06. The molecule has 1 rings (SSSR count). The van der Waals surface area contributed by atoms with Crippen molar-refractivity contribution in [2.24, 2.45) is 0 Å². The van der Waals surface area contributed by atoms with E-state index in [2.05, 4.69) is 5.32 Å². The minimum absolute atomic E-state index is 0.561.